The van der Waals surface area contributed by atoms with E-state index < -0.39 is 11.4 Å². The fraction of sp³-hybridized carbons (Fsp3) is 0.600. The zero-order valence-corrected chi connectivity index (χ0v) is 16.2. The number of carbonyl (C=O) groups is 2. The number of piperazine rings is 1. The fourth-order valence-corrected chi connectivity index (χ4v) is 3.85. The maximum absolute atomic E-state index is 14.4. The summed E-state index contributed by atoms with van der Waals surface area (Å²) in [5.41, 5.74) is -0.213. The average Bonchev–Trinajstić information content (AvgIpc) is 3.01. The highest BCUT2D eigenvalue weighted by atomic mass is 19.1. The molecule has 0 radical (unpaired) electrons. The maximum Gasteiger partial charge on any atom is 0.257 e. The van der Waals surface area contributed by atoms with E-state index in [0.29, 0.717) is 44.8 Å². The lowest BCUT2D eigenvalue weighted by atomic mass is 10.1. The van der Waals surface area contributed by atoms with E-state index in [1.807, 2.05) is 6.92 Å². The summed E-state index contributed by atoms with van der Waals surface area (Å²) < 4.78 is 14.4. The van der Waals surface area contributed by atoms with Crippen molar-refractivity contribution in [3.63, 3.8) is 0 Å². The number of hydrogen-bond acceptors (Lipinski definition) is 4. The molecule has 0 aliphatic carbocycles. The second kappa shape index (κ2) is 7.56. The molecule has 27 heavy (non-hydrogen) atoms. The van der Waals surface area contributed by atoms with Crippen LogP contribution in [0.4, 0.5) is 10.1 Å². The molecular weight excluding hydrogens is 349 g/mol. The van der Waals surface area contributed by atoms with Crippen molar-refractivity contribution in [1.82, 2.24) is 9.80 Å². The van der Waals surface area contributed by atoms with Gasteiger partial charge in [0.1, 0.15) is 5.82 Å². The van der Waals surface area contributed by atoms with Gasteiger partial charge in [-0.2, -0.15) is 0 Å². The Morgan fingerprint density at radius 3 is 2.63 bits per heavy atom. The third-order valence-electron chi connectivity index (χ3n) is 5.21. The normalized spacial score (nSPS) is 21.8. The number of benzene rings is 1. The highest BCUT2D eigenvalue weighted by Gasteiger charge is 2.31. The zero-order chi connectivity index (χ0) is 19.8. The van der Waals surface area contributed by atoms with Crippen molar-refractivity contribution in [3.8, 4) is 0 Å². The summed E-state index contributed by atoms with van der Waals surface area (Å²) in [6.07, 6.45) is 1.27. The Morgan fingerprint density at radius 1 is 1.30 bits per heavy atom. The molecule has 2 saturated heterocycles. The lowest BCUT2D eigenvalue weighted by molar-refractivity contribution is -0.117. The number of amides is 2. The predicted octanol–water partition coefficient (Wildman–Crippen LogP) is 1.87. The van der Waals surface area contributed by atoms with Crippen LogP contribution in [0.2, 0.25) is 0 Å². The van der Waals surface area contributed by atoms with Crippen LogP contribution >= 0.6 is 0 Å². The van der Waals surface area contributed by atoms with Gasteiger partial charge in [-0.3, -0.25) is 14.5 Å². The molecule has 1 aromatic rings. The van der Waals surface area contributed by atoms with Gasteiger partial charge in [-0.1, -0.05) is 0 Å². The summed E-state index contributed by atoms with van der Waals surface area (Å²) in [4.78, 5) is 30.3. The molecule has 1 aromatic carbocycles. The fourth-order valence-electron chi connectivity index (χ4n) is 3.85. The van der Waals surface area contributed by atoms with Gasteiger partial charge < -0.3 is 14.9 Å². The van der Waals surface area contributed by atoms with Crippen LogP contribution in [0.1, 0.15) is 44.0 Å². The molecule has 2 fully saturated rings. The Balaban J connectivity index is 1.73. The van der Waals surface area contributed by atoms with Crippen LogP contribution in [0.15, 0.2) is 18.2 Å². The molecule has 1 atom stereocenters. The Hall–Kier alpha value is -1.99. The monoisotopic (exact) mass is 377 g/mol. The molecule has 0 saturated carbocycles. The van der Waals surface area contributed by atoms with Crippen molar-refractivity contribution >= 4 is 17.5 Å². The minimum absolute atomic E-state index is 0.00821. The van der Waals surface area contributed by atoms with Crippen molar-refractivity contribution in [2.75, 3.05) is 37.6 Å². The van der Waals surface area contributed by atoms with E-state index in [0.717, 1.165) is 6.42 Å². The Morgan fingerprint density at radius 2 is 2.04 bits per heavy atom. The molecule has 2 heterocycles. The first-order chi connectivity index (χ1) is 12.7. The molecule has 1 N–H and O–H groups in total. The Bertz CT molecular complexity index is 732. The maximum atomic E-state index is 14.4. The number of anilines is 1. The number of rotatable bonds is 4. The van der Waals surface area contributed by atoms with Crippen LogP contribution in [0.5, 0.6) is 0 Å². The highest BCUT2D eigenvalue weighted by Crippen LogP contribution is 2.25. The summed E-state index contributed by atoms with van der Waals surface area (Å²) in [5, 5.41) is 10.0. The number of nitrogens with zero attached hydrogens (tertiary/aromatic N) is 3. The molecule has 148 valence electrons. The molecule has 7 heteroatoms. The van der Waals surface area contributed by atoms with Crippen molar-refractivity contribution < 1.29 is 19.1 Å². The van der Waals surface area contributed by atoms with Gasteiger partial charge in [-0.15, -0.1) is 0 Å². The van der Waals surface area contributed by atoms with Crippen LogP contribution in [-0.4, -0.2) is 71.1 Å². The summed E-state index contributed by atoms with van der Waals surface area (Å²) >= 11 is 0. The smallest absolute Gasteiger partial charge is 0.257 e. The minimum Gasteiger partial charge on any atom is -0.389 e. The van der Waals surface area contributed by atoms with Gasteiger partial charge in [-0.25, -0.2) is 4.39 Å². The third kappa shape index (κ3) is 4.47. The Kier molecular flexibility index (Phi) is 5.53. The van der Waals surface area contributed by atoms with Gasteiger partial charge in [0.15, 0.2) is 0 Å². The van der Waals surface area contributed by atoms with Gasteiger partial charge in [0, 0.05) is 50.9 Å². The van der Waals surface area contributed by atoms with E-state index >= 15 is 0 Å². The quantitative estimate of drug-likeness (QED) is 0.870. The van der Waals surface area contributed by atoms with Gasteiger partial charge in [-0.05, 0) is 45.4 Å². The largest absolute Gasteiger partial charge is 0.389 e. The SMILES string of the molecule is CC1CN(C(=O)c2cc(N3CCCC3=O)ccc2F)CCN1CC(C)(C)O. The second-order valence-electron chi connectivity index (χ2n) is 8.20. The lowest BCUT2D eigenvalue weighted by Crippen LogP contribution is -2.56. The van der Waals surface area contributed by atoms with E-state index in [1.165, 1.54) is 12.1 Å². The van der Waals surface area contributed by atoms with Gasteiger partial charge in [0.2, 0.25) is 5.91 Å². The summed E-state index contributed by atoms with van der Waals surface area (Å²) in [7, 11) is 0. The zero-order valence-electron chi connectivity index (χ0n) is 16.2. The topological polar surface area (TPSA) is 64.1 Å². The van der Waals surface area contributed by atoms with Crippen molar-refractivity contribution in [2.24, 2.45) is 0 Å². The standard InChI is InChI=1S/C20H28FN3O3/c1-14-12-22(9-10-23(14)13-20(2,3)27)19(26)16-11-15(6-7-17(16)21)24-8-4-5-18(24)25/h6-7,11,14,27H,4-5,8-10,12-13H2,1-3H3. The highest BCUT2D eigenvalue weighted by molar-refractivity contribution is 5.99. The molecule has 0 aromatic heterocycles. The average molecular weight is 377 g/mol. The minimum atomic E-state index is -0.802. The number of halogens is 1. The van der Waals surface area contributed by atoms with Crippen LogP contribution in [0.3, 0.4) is 0 Å². The number of aliphatic hydroxyl groups is 1. The van der Waals surface area contributed by atoms with Gasteiger partial charge >= 0.3 is 0 Å². The van der Waals surface area contributed by atoms with Crippen LogP contribution in [0.25, 0.3) is 0 Å². The third-order valence-corrected chi connectivity index (χ3v) is 5.21. The van der Waals surface area contributed by atoms with Gasteiger partial charge in [0.25, 0.3) is 5.91 Å². The van der Waals surface area contributed by atoms with E-state index in [1.54, 1.807) is 29.7 Å². The van der Waals surface area contributed by atoms with Gasteiger partial charge in [0.05, 0.1) is 11.2 Å². The molecule has 2 aliphatic heterocycles. The molecule has 0 spiro atoms. The van der Waals surface area contributed by atoms with Crippen molar-refractivity contribution in [3.05, 3.63) is 29.6 Å². The van der Waals surface area contributed by atoms with Crippen LogP contribution < -0.4 is 4.90 Å². The first-order valence-electron chi connectivity index (χ1n) is 9.51. The molecule has 2 amide bonds. The van der Waals surface area contributed by atoms with Crippen molar-refractivity contribution in [1.29, 1.82) is 0 Å². The molecular formula is C20H28FN3O3. The van der Waals surface area contributed by atoms with E-state index in [-0.39, 0.29) is 23.4 Å². The molecule has 0 bridgehead atoms. The van der Waals surface area contributed by atoms with E-state index in [4.69, 9.17) is 0 Å². The number of β-amino-alcohol motifs (C(OH)–C–C–N with tert-alkyl or cyclic N) is 1. The van der Waals surface area contributed by atoms with Crippen LogP contribution in [0, 0.1) is 5.82 Å². The molecule has 1 unspecified atom stereocenters. The number of carbonyl (C=O) groups excluding carboxylic acids is 2. The summed E-state index contributed by atoms with van der Waals surface area (Å²) in [6, 6.07) is 4.39. The first-order valence-corrected chi connectivity index (χ1v) is 9.51. The molecule has 2 aliphatic rings. The molecule has 3 rings (SSSR count). The predicted molar refractivity (Wildman–Crippen MR) is 101 cm³/mol. The van der Waals surface area contributed by atoms with E-state index in [2.05, 4.69) is 4.90 Å². The van der Waals surface area contributed by atoms with E-state index in [9.17, 15) is 19.1 Å². The van der Waals surface area contributed by atoms with Crippen molar-refractivity contribution in [2.45, 2.75) is 45.3 Å². The molecule has 6 nitrogen and oxygen atoms in total. The lowest BCUT2D eigenvalue weighted by Gasteiger charge is -2.42. The second-order valence-corrected chi connectivity index (χ2v) is 8.20. The number of hydrogen-bond donors (Lipinski definition) is 1. The summed E-state index contributed by atoms with van der Waals surface area (Å²) in [6.45, 7) is 8.23. The summed E-state index contributed by atoms with van der Waals surface area (Å²) in [5.74, 6) is -0.911. The van der Waals surface area contributed by atoms with Crippen LogP contribution in [-0.2, 0) is 4.79 Å². The Labute approximate surface area is 159 Å². The first kappa shape index (κ1) is 19.8.